The number of hydrogen-bond acceptors (Lipinski definition) is 0. The highest BCUT2D eigenvalue weighted by atomic mass is 13.9. The molecular formula is C13H19. The van der Waals surface area contributed by atoms with Crippen molar-refractivity contribution in [3.63, 3.8) is 0 Å². The highest BCUT2D eigenvalue weighted by Crippen LogP contribution is 2.03. The monoisotopic (exact) mass is 175 g/mol. The molecule has 0 nitrogen and oxygen atoms in total. The van der Waals surface area contributed by atoms with Gasteiger partial charge in [-0.3, -0.25) is 0 Å². The molecule has 0 aromatic rings. The maximum Gasteiger partial charge on any atom is -0.0167 e. The summed E-state index contributed by atoms with van der Waals surface area (Å²) in [4.78, 5) is 0. The van der Waals surface area contributed by atoms with Gasteiger partial charge >= 0.3 is 0 Å². The standard InChI is InChI=1S/C13H19/c1-2-4-6-8-10-12-13-11-9-7-5-3-1/h1-3,8-11H,4-7,12-13H2/b2-1+,10-8-,11-9-. The van der Waals surface area contributed by atoms with Gasteiger partial charge in [0.25, 0.3) is 0 Å². The molecule has 1 aliphatic rings. The van der Waals surface area contributed by atoms with Gasteiger partial charge in [0.15, 0.2) is 0 Å². The van der Waals surface area contributed by atoms with Crippen molar-refractivity contribution in [2.75, 3.05) is 0 Å². The zero-order valence-corrected chi connectivity index (χ0v) is 8.28. The third kappa shape index (κ3) is 6.39. The van der Waals surface area contributed by atoms with Gasteiger partial charge in [0, 0.05) is 0 Å². The molecule has 1 radical (unpaired) electrons. The second-order valence-corrected chi connectivity index (χ2v) is 3.34. The van der Waals surface area contributed by atoms with Crippen molar-refractivity contribution in [1.82, 2.24) is 0 Å². The van der Waals surface area contributed by atoms with E-state index in [1.54, 1.807) is 0 Å². The maximum atomic E-state index is 2.29. The normalized spacial score (nSPS) is 27.7. The maximum absolute atomic E-state index is 2.29. The second kappa shape index (κ2) is 7.85. The summed E-state index contributed by atoms with van der Waals surface area (Å²) < 4.78 is 0. The average molecular weight is 175 g/mol. The molecule has 0 aromatic carbocycles. The molecule has 0 bridgehead atoms. The lowest BCUT2D eigenvalue weighted by molar-refractivity contribution is 0.978. The topological polar surface area (TPSA) is 0 Å². The van der Waals surface area contributed by atoms with Gasteiger partial charge in [-0.25, -0.2) is 0 Å². The Morgan fingerprint density at radius 3 is 1.54 bits per heavy atom. The van der Waals surface area contributed by atoms with E-state index in [1.165, 1.54) is 38.5 Å². The second-order valence-electron chi connectivity index (χ2n) is 3.34. The fraction of sp³-hybridized carbons (Fsp3) is 0.462. The van der Waals surface area contributed by atoms with Crippen LogP contribution in [0.5, 0.6) is 0 Å². The Labute approximate surface area is 82.0 Å². The number of hydrogen-bond donors (Lipinski definition) is 0. The molecule has 0 unspecified atom stereocenters. The Morgan fingerprint density at radius 1 is 0.462 bits per heavy atom. The third-order valence-electron chi connectivity index (χ3n) is 2.11. The van der Waals surface area contributed by atoms with Crippen LogP contribution in [0.15, 0.2) is 36.5 Å². The van der Waals surface area contributed by atoms with E-state index in [0.717, 1.165) is 0 Å². The highest BCUT2D eigenvalue weighted by Gasteiger charge is 1.84. The molecule has 0 saturated carbocycles. The lowest BCUT2D eigenvalue weighted by Gasteiger charge is -1.89. The smallest absolute Gasteiger partial charge is 0.0167 e. The van der Waals surface area contributed by atoms with Crippen molar-refractivity contribution in [3.05, 3.63) is 42.9 Å². The molecule has 0 saturated heterocycles. The molecule has 0 heteroatoms. The third-order valence-corrected chi connectivity index (χ3v) is 2.11. The fourth-order valence-corrected chi connectivity index (χ4v) is 1.34. The first-order valence-corrected chi connectivity index (χ1v) is 5.28. The minimum atomic E-state index is 1.18. The molecule has 0 amide bonds. The van der Waals surface area contributed by atoms with E-state index in [1.807, 2.05) is 0 Å². The van der Waals surface area contributed by atoms with Crippen LogP contribution in [0.4, 0.5) is 0 Å². The Kier molecular flexibility index (Phi) is 6.22. The van der Waals surface area contributed by atoms with Gasteiger partial charge in [0.2, 0.25) is 0 Å². The van der Waals surface area contributed by atoms with E-state index in [2.05, 4.69) is 42.9 Å². The van der Waals surface area contributed by atoms with Crippen LogP contribution < -0.4 is 0 Å². The summed E-state index contributed by atoms with van der Waals surface area (Å²) in [7, 11) is 0. The van der Waals surface area contributed by atoms with Crippen molar-refractivity contribution in [2.24, 2.45) is 0 Å². The Balaban J connectivity index is 2.27. The SMILES string of the molecule is [CH]1/C=C/CC/C=C\CC/C=C\CC1. The highest BCUT2D eigenvalue weighted by molar-refractivity contribution is 4.98. The van der Waals surface area contributed by atoms with Gasteiger partial charge in [0.05, 0.1) is 0 Å². The van der Waals surface area contributed by atoms with E-state index >= 15 is 0 Å². The van der Waals surface area contributed by atoms with Crippen LogP contribution in [0.1, 0.15) is 38.5 Å². The van der Waals surface area contributed by atoms with Crippen LogP contribution in [0.25, 0.3) is 0 Å². The van der Waals surface area contributed by atoms with Crippen LogP contribution in [0, 0.1) is 6.42 Å². The van der Waals surface area contributed by atoms with Crippen molar-refractivity contribution in [1.29, 1.82) is 0 Å². The molecule has 0 aromatic heterocycles. The quantitative estimate of drug-likeness (QED) is 0.484. The van der Waals surface area contributed by atoms with Crippen LogP contribution in [0.2, 0.25) is 0 Å². The predicted octanol–water partition coefficient (Wildman–Crippen LogP) is 4.21. The first kappa shape index (κ1) is 10.3. The molecule has 0 aliphatic heterocycles. The number of rotatable bonds is 0. The predicted molar refractivity (Wildman–Crippen MR) is 59.4 cm³/mol. The largest absolute Gasteiger partial charge is 0.0885 e. The summed E-state index contributed by atoms with van der Waals surface area (Å²) in [5.41, 5.74) is 0. The van der Waals surface area contributed by atoms with Gasteiger partial charge in [-0.05, 0) is 44.9 Å². The van der Waals surface area contributed by atoms with Gasteiger partial charge in [-0.15, -0.1) is 0 Å². The van der Waals surface area contributed by atoms with E-state index in [-0.39, 0.29) is 0 Å². The molecular weight excluding hydrogens is 156 g/mol. The molecule has 0 spiro atoms. The van der Waals surface area contributed by atoms with E-state index in [4.69, 9.17) is 0 Å². The molecule has 13 heavy (non-hydrogen) atoms. The summed E-state index contributed by atoms with van der Waals surface area (Å²) >= 11 is 0. The van der Waals surface area contributed by atoms with Crippen molar-refractivity contribution < 1.29 is 0 Å². The lowest BCUT2D eigenvalue weighted by atomic mass is 10.2. The number of allylic oxidation sites excluding steroid dienone is 6. The van der Waals surface area contributed by atoms with Gasteiger partial charge in [-0.2, -0.15) is 0 Å². The average Bonchev–Trinajstić information content (AvgIpc) is 2.18. The summed E-state index contributed by atoms with van der Waals surface area (Å²) in [6.45, 7) is 0. The molecule has 1 rings (SSSR count). The minimum absolute atomic E-state index is 1.18. The van der Waals surface area contributed by atoms with Crippen LogP contribution >= 0.6 is 0 Å². The molecule has 0 heterocycles. The Morgan fingerprint density at radius 2 is 0.923 bits per heavy atom. The zero-order valence-electron chi connectivity index (χ0n) is 8.28. The summed E-state index contributed by atoms with van der Waals surface area (Å²) in [6.07, 6.45) is 23.0. The summed E-state index contributed by atoms with van der Waals surface area (Å²) in [5, 5.41) is 0. The Hall–Kier alpha value is -0.780. The Bertz CT molecular complexity index is 164. The van der Waals surface area contributed by atoms with E-state index in [9.17, 15) is 0 Å². The molecule has 71 valence electrons. The molecule has 0 N–H and O–H groups in total. The molecule has 1 aliphatic carbocycles. The fourth-order valence-electron chi connectivity index (χ4n) is 1.34. The van der Waals surface area contributed by atoms with Crippen molar-refractivity contribution in [3.8, 4) is 0 Å². The molecule has 0 atom stereocenters. The van der Waals surface area contributed by atoms with E-state index < -0.39 is 0 Å². The van der Waals surface area contributed by atoms with Gasteiger partial charge in [0.1, 0.15) is 0 Å². The first-order chi connectivity index (χ1) is 6.50. The lowest BCUT2D eigenvalue weighted by Crippen LogP contribution is -1.70. The van der Waals surface area contributed by atoms with Crippen LogP contribution in [-0.2, 0) is 0 Å². The first-order valence-electron chi connectivity index (χ1n) is 5.28. The van der Waals surface area contributed by atoms with Crippen LogP contribution in [0.3, 0.4) is 0 Å². The van der Waals surface area contributed by atoms with E-state index in [0.29, 0.717) is 0 Å². The minimum Gasteiger partial charge on any atom is -0.0885 e. The van der Waals surface area contributed by atoms with Crippen LogP contribution in [-0.4, -0.2) is 0 Å². The van der Waals surface area contributed by atoms with Crippen molar-refractivity contribution >= 4 is 0 Å². The summed E-state index contributed by atoms with van der Waals surface area (Å²) in [6, 6.07) is 0. The molecule has 0 fully saturated rings. The van der Waals surface area contributed by atoms with Gasteiger partial charge in [-0.1, -0.05) is 36.5 Å². The summed E-state index contributed by atoms with van der Waals surface area (Å²) in [5.74, 6) is 0. The van der Waals surface area contributed by atoms with Crippen molar-refractivity contribution in [2.45, 2.75) is 38.5 Å². The van der Waals surface area contributed by atoms with Gasteiger partial charge < -0.3 is 0 Å². The zero-order chi connectivity index (χ0) is 9.19.